The van der Waals surface area contributed by atoms with E-state index in [1.54, 1.807) is 0 Å². The lowest BCUT2D eigenvalue weighted by Crippen LogP contribution is -2.39. The van der Waals surface area contributed by atoms with Crippen molar-refractivity contribution >= 4 is 0 Å². The number of rotatable bonds is 8. The summed E-state index contributed by atoms with van der Waals surface area (Å²) in [7, 11) is 4.21. The van der Waals surface area contributed by atoms with Gasteiger partial charge in [-0.05, 0) is 76.1 Å². The van der Waals surface area contributed by atoms with Crippen molar-refractivity contribution in [2.75, 3.05) is 60.0 Å². The van der Waals surface area contributed by atoms with Crippen LogP contribution in [0.15, 0.2) is 18.2 Å². The number of nitrogens with zero attached hydrogens (tertiary/aromatic N) is 3. The van der Waals surface area contributed by atoms with Crippen LogP contribution >= 0.6 is 0 Å². The van der Waals surface area contributed by atoms with Crippen molar-refractivity contribution in [1.82, 2.24) is 14.7 Å². The Labute approximate surface area is 167 Å². The minimum absolute atomic E-state index is 0.804. The molecule has 4 heteroatoms. The number of hydrogen-bond donors (Lipinski definition) is 0. The first-order valence-corrected chi connectivity index (χ1v) is 11.0. The summed E-state index contributed by atoms with van der Waals surface area (Å²) in [5, 5.41) is 0. The molecule has 2 heterocycles. The van der Waals surface area contributed by atoms with Gasteiger partial charge in [-0.25, -0.2) is 0 Å². The first kappa shape index (κ1) is 22.2. The van der Waals surface area contributed by atoms with E-state index >= 15 is 0 Å². The van der Waals surface area contributed by atoms with Gasteiger partial charge >= 0.3 is 0 Å². The van der Waals surface area contributed by atoms with E-state index in [-0.39, 0.29) is 0 Å². The van der Waals surface area contributed by atoms with E-state index in [2.05, 4.69) is 47.0 Å². The van der Waals surface area contributed by atoms with E-state index in [4.69, 9.17) is 4.74 Å². The molecule has 3 rings (SSSR count). The van der Waals surface area contributed by atoms with Gasteiger partial charge < -0.3 is 14.5 Å². The largest absolute Gasteiger partial charge is 0.494 e. The van der Waals surface area contributed by atoms with Gasteiger partial charge in [0.05, 0.1) is 6.61 Å². The van der Waals surface area contributed by atoms with Crippen LogP contribution in [-0.4, -0.2) is 74.7 Å². The normalized spacial score (nSPS) is 18.0. The lowest BCUT2D eigenvalue weighted by molar-refractivity contribution is 0.173. The molecule has 0 aliphatic carbocycles. The van der Waals surface area contributed by atoms with Crippen LogP contribution in [0.2, 0.25) is 0 Å². The van der Waals surface area contributed by atoms with Gasteiger partial charge in [-0.1, -0.05) is 26.3 Å². The summed E-state index contributed by atoms with van der Waals surface area (Å²) >= 11 is 0. The second-order valence-corrected chi connectivity index (χ2v) is 7.86. The summed E-state index contributed by atoms with van der Waals surface area (Å²) in [5.74, 6) is 1.04. The Morgan fingerprint density at radius 3 is 2.41 bits per heavy atom. The molecule has 2 aliphatic heterocycles. The highest BCUT2D eigenvalue weighted by molar-refractivity contribution is 5.37. The van der Waals surface area contributed by atoms with E-state index < -0.39 is 0 Å². The lowest BCUT2D eigenvalue weighted by atomic mass is 9.99. The third-order valence-electron chi connectivity index (χ3n) is 5.47. The number of hydrogen-bond acceptors (Lipinski definition) is 4. The molecule has 1 saturated heterocycles. The Kier molecular flexibility index (Phi) is 10.2. The summed E-state index contributed by atoms with van der Waals surface area (Å²) in [6.07, 6.45) is 6.44. The second kappa shape index (κ2) is 12.4. The molecule has 0 saturated carbocycles. The molecule has 0 N–H and O–H groups in total. The number of ether oxygens (including phenoxy) is 1. The van der Waals surface area contributed by atoms with E-state index in [1.165, 1.54) is 63.1 Å². The Morgan fingerprint density at radius 1 is 0.926 bits per heavy atom. The third-order valence-corrected chi connectivity index (χ3v) is 5.47. The van der Waals surface area contributed by atoms with Crippen molar-refractivity contribution in [3.63, 3.8) is 0 Å². The maximum Gasteiger partial charge on any atom is 0.119 e. The molecule has 154 valence electrons. The van der Waals surface area contributed by atoms with Crippen LogP contribution in [0.25, 0.3) is 0 Å². The zero-order valence-corrected chi connectivity index (χ0v) is 18.2. The molecule has 4 nitrogen and oxygen atoms in total. The fourth-order valence-corrected chi connectivity index (χ4v) is 3.91. The lowest BCUT2D eigenvalue weighted by Gasteiger charge is -2.32. The molecule has 27 heavy (non-hydrogen) atoms. The van der Waals surface area contributed by atoms with Crippen LogP contribution in [0.3, 0.4) is 0 Å². The van der Waals surface area contributed by atoms with E-state index in [9.17, 15) is 0 Å². The summed E-state index contributed by atoms with van der Waals surface area (Å²) in [6.45, 7) is 13.2. The minimum Gasteiger partial charge on any atom is -0.494 e. The Hall–Kier alpha value is -1.10. The van der Waals surface area contributed by atoms with Crippen molar-refractivity contribution in [2.24, 2.45) is 0 Å². The van der Waals surface area contributed by atoms with Gasteiger partial charge in [0.2, 0.25) is 0 Å². The van der Waals surface area contributed by atoms with Gasteiger partial charge in [0.15, 0.2) is 0 Å². The fourth-order valence-electron chi connectivity index (χ4n) is 3.91. The highest BCUT2D eigenvalue weighted by Gasteiger charge is 2.18. The number of benzene rings is 1. The molecule has 1 aromatic rings. The van der Waals surface area contributed by atoms with Crippen molar-refractivity contribution < 1.29 is 4.74 Å². The van der Waals surface area contributed by atoms with Crippen molar-refractivity contribution in [3.05, 3.63) is 29.3 Å². The van der Waals surface area contributed by atoms with Gasteiger partial charge in [-0.15, -0.1) is 0 Å². The van der Waals surface area contributed by atoms with E-state index in [1.807, 2.05) is 13.8 Å². The van der Waals surface area contributed by atoms with Gasteiger partial charge in [-0.3, -0.25) is 4.90 Å². The predicted octanol–water partition coefficient (Wildman–Crippen LogP) is 3.89. The first-order valence-electron chi connectivity index (χ1n) is 11.0. The number of piperidine rings is 1. The molecule has 1 aromatic carbocycles. The molecule has 2 aliphatic rings. The number of likely N-dealkylation sites (tertiary alicyclic amines) is 1. The zero-order valence-electron chi connectivity index (χ0n) is 18.2. The average molecular weight is 376 g/mol. The Bertz CT molecular complexity index is 526. The van der Waals surface area contributed by atoms with Crippen LogP contribution in [0.5, 0.6) is 5.75 Å². The Morgan fingerprint density at radius 2 is 1.67 bits per heavy atom. The summed E-state index contributed by atoms with van der Waals surface area (Å²) in [4.78, 5) is 7.47. The molecule has 0 spiro atoms. The first-order chi connectivity index (χ1) is 13.2. The highest BCUT2D eigenvalue weighted by Crippen LogP contribution is 2.24. The Balaban J connectivity index is 0.00000126. The van der Waals surface area contributed by atoms with Gasteiger partial charge in [0, 0.05) is 32.7 Å². The maximum atomic E-state index is 5.93. The van der Waals surface area contributed by atoms with Crippen LogP contribution in [0.4, 0.5) is 0 Å². The van der Waals surface area contributed by atoms with Gasteiger partial charge in [0.25, 0.3) is 0 Å². The molecule has 0 atom stereocenters. The SMILES string of the molecule is CC.CN(C)CCCOc1ccc2c(c1)CCN(CCN1CCCCC1)C2. The predicted molar refractivity (Wildman–Crippen MR) is 116 cm³/mol. The zero-order chi connectivity index (χ0) is 19.5. The molecule has 1 fully saturated rings. The molecule has 0 bridgehead atoms. The van der Waals surface area contributed by atoms with Crippen molar-refractivity contribution in [2.45, 2.75) is 52.5 Å². The average Bonchev–Trinajstić information content (AvgIpc) is 2.71. The summed E-state index contributed by atoms with van der Waals surface area (Å²) in [6, 6.07) is 6.71. The quantitative estimate of drug-likeness (QED) is 0.642. The third kappa shape index (κ3) is 7.81. The smallest absolute Gasteiger partial charge is 0.119 e. The van der Waals surface area contributed by atoms with Crippen LogP contribution in [0.1, 0.15) is 50.7 Å². The standard InChI is InChI=1S/C21H35N3O.C2H6/c1-22(2)10-6-16-25-21-8-7-20-18-24(13-9-19(20)17-21)15-14-23-11-4-3-5-12-23;1-2/h7-8,17H,3-6,9-16,18H2,1-2H3;1-2H3. The van der Waals surface area contributed by atoms with E-state index in [0.717, 1.165) is 38.3 Å². The molecule has 0 amide bonds. The van der Waals surface area contributed by atoms with Gasteiger partial charge in [-0.2, -0.15) is 0 Å². The van der Waals surface area contributed by atoms with Crippen LogP contribution in [-0.2, 0) is 13.0 Å². The molecule has 0 aromatic heterocycles. The van der Waals surface area contributed by atoms with Crippen molar-refractivity contribution in [1.29, 1.82) is 0 Å². The fraction of sp³-hybridized carbons (Fsp3) is 0.739. The topological polar surface area (TPSA) is 19.0 Å². The van der Waals surface area contributed by atoms with E-state index in [0.29, 0.717) is 0 Å². The summed E-state index contributed by atoms with van der Waals surface area (Å²) in [5.41, 5.74) is 2.98. The maximum absolute atomic E-state index is 5.93. The summed E-state index contributed by atoms with van der Waals surface area (Å²) < 4.78 is 5.93. The molecular formula is C23H41N3O. The number of fused-ring (bicyclic) bond motifs is 1. The minimum atomic E-state index is 0.804. The second-order valence-electron chi connectivity index (χ2n) is 7.86. The highest BCUT2D eigenvalue weighted by atomic mass is 16.5. The molecule has 0 unspecified atom stereocenters. The van der Waals surface area contributed by atoms with Gasteiger partial charge in [0.1, 0.15) is 5.75 Å². The van der Waals surface area contributed by atoms with Crippen molar-refractivity contribution in [3.8, 4) is 5.75 Å². The molecule has 0 radical (unpaired) electrons. The van der Waals surface area contributed by atoms with Crippen LogP contribution in [0, 0.1) is 0 Å². The van der Waals surface area contributed by atoms with Crippen LogP contribution < -0.4 is 4.74 Å². The monoisotopic (exact) mass is 375 g/mol. The molecular weight excluding hydrogens is 334 g/mol.